The first-order chi connectivity index (χ1) is 15.8. The zero-order valence-electron chi connectivity index (χ0n) is 18.8. The Morgan fingerprint density at radius 2 is 1.76 bits per heavy atom. The van der Waals surface area contributed by atoms with Gasteiger partial charge in [-0.1, -0.05) is 61.0 Å². The molecule has 1 N–H and O–H groups in total. The van der Waals surface area contributed by atoms with E-state index >= 15 is 0 Å². The standard InChI is InChI=1S/C25H26BrN5O2/c1-25(2,3)19-6-10-22(11-7-19)33-17-30-13-12-23(29-30)24(32)28-21-14-27-31(16-21)15-18-4-8-20(26)9-5-18/h4-14,16H,15,17H2,1-3H3,(H,28,32). The molecule has 4 rings (SSSR count). The van der Waals surface area contributed by atoms with Crippen LogP contribution in [0.2, 0.25) is 0 Å². The lowest BCUT2D eigenvalue weighted by Gasteiger charge is -2.19. The monoisotopic (exact) mass is 507 g/mol. The largest absolute Gasteiger partial charge is 0.471 e. The molecule has 1 amide bonds. The summed E-state index contributed by atoms with van der Waals surface area (Å²) in [4.78, 5) is 12.6. The first-order valence-electron chi connectivity index (χ1n) is 10.6. The number of rotatable bonds is 7. The van der Waals surface area contributed by atoms with E-state index in [1.54, 1.807) is 34.0 Å². The molecule has 7 nitrogen and oxygen atoms in total. The Morgan fingerprint density at radius 1 is 1.03 bits per heavy atom. The van der Waals surface area contributed by atoms with Crippen molar-refractivity contribution in [1.82, 2.24) is 19.6 Å². The molecular formula is C25H26BrN5O2. The highest BCUT2D eigenvalue weighted by Gasteiger charge is 2.14. The molecule has 0 aliphatic rings. The predicted molar refractivity (Wildman–Crippen MR) is 131 cm³/mol. The van der Waals surface area contributed by atoms with Crippen molar-refractivity contribution in [2.45, 2.75) is 39.5 Å². The van der Waals surface area contributed by atoms with E-state index in [2.05, 4.69) is 64.3 Å². The maximum absolute atomic E-state index is 12.6. The van der Waals surface area contributed by atoms with Gasteiger partial charge >= 0.3 is 0 Å². The Kier molecular flexibility index (Phi) is 6.65. The van der Waals surface area contributed by atoms with Crippen LogP contribution in [-0.4, -0.2) is 25.5 Å². The molecule has 170 valence electrons. The molecule has 8 heteroatoms. The molecule has 2 aromatic carbocycles. The smallest absolute Gasteiger partial charge is 0.276 e. The van der Waals surface area contributed by atoms with Crippen LogP contribution in [0, 0.1) is 0 Å². The summed E-state index contributed by atoms with van der Waals surface area (Å²) in [5, 5.41) is 11.5. The lowest BCUT2D eigenvalue weighted by atomic mass is 9.87. The second-order valence-corrected chi connectivity index (χ2v) is 9.71. The van der Waals surface area contributed by atoms with E-state index in [0.29, 0.717) is 17.9 Å². The average molecular weight is 508 g/mol. The fourth-order valence-corrected chi connectivity index (χ4v) is 3.50. The van der Waals surface area contributed by atoms with Crippen LogP contribution >= 0.6 is 15.9 Å². The van der Waals surface area contributed by atoms with Crippen LogP contribution in [0.3, 0.4) is 0 Å². The summed E-state index contributed by atoms with van der Waals surface area (Å²) in [6.07, 6.45) is 5.13. The van der Waals surface area contributed by atoms with Gasteiger partial charge in [0, 0.05) is 16.9 Å². The highest BCUT2D eigenvalue weighted by Crippen LogP contribution is 2.24. The number of carbonyl (C=O) groups is 1. The molecule has 33 heavy (non-hydrogen) atoms. The van der Waals surface area contributed by atoms with Crippen LogP contribution in [-0.2, 0) is 18.7 Å². The molecule has 0 aliphatic carbocycles. The Labute approximate surface area is 201 Å². The minimum absolute atomic E-state index is 0.0955. The lowest BCUT2D eigenvalue weighted by Crippen LogP contribution is -2.14. The SMILES string of the molecule is CC(C)(C)c1ccc(OCn2ccc(C(=O)Nc3cnn(Cc4ccc(Br)cc4)c3)n2)cc1. The van der Waals surface area contributed by atoms with Crippen LogP contribution in [0.5, 0.6) is 5.75 Å². The predicted octanol–water partition coefficient (Wildman–Crippen LogP) is 5.48. The zero-order valence-corrected chi connectivity index (χ0v) is 20.4. The van der Waals surface area contributed by atoms with Gasteiger partial charge in [-0.3, -0.25) is 9.48 Å². The maximum Gasteiger partial charge on any atom is 0.276 e. The average Bonchev–Trinajstić information content (AvgIpc) is 3.43. The molecule has 0 fully saturated rings. The molecule has 0 unspecified atom stereocenters. The molecule has 0 saturated heterocycles. The Bertz CT molecular complexity index is 1220. The van der Waals surface area contributed by atoms with Crippen molar-refractivity contribution < 1.29 is 9.53 Å². The Balaban J connectivity index is 1.31. The zero-order chi connectivity index (χ0) is 23.4. The molecule has 0 spiro atoms. The number of ether oxygens (including phenoxy) is 1. The van der Waals surface area contributed by atoms with E-state index < -0.39 is 0 Å². The van der Waals surface area contributed by atoms with Crippen LogP contribution in [0.25, 0.3) is 0 Å². The molecule has 4 aromatic rings. The summed E-state index contributed by atoms with van der Waals surface area (Å²) in [5.41, 5.74) is 3.38. The van der Waals surface area contributed by atoms with E-state index in [4.69, 9.17) is 4.74 Å². The van der Waals surface area contributed by atoms with Gasteiger partial charge in [0.25, 0.3) is 5.91 Å². The van der Waals surface area contributed by atoms with Crippen molar-refractivity contribution >= 4 is 27.5 Å². The van der Waals surface area contributed by atoms with Gasteiger partial charge in [0.1, 0.15) is 5.75 Å². The van der Waals surface area contributed by atoms with Crippen molar-refractivity contribution in [2.24, 2.45) is 0 Å². The third-order valence-corrected chi connectivity index (χ3v) is 5.63. The Hall–Kier alpha value is -3.39. The van der Waals surface area contributed by atoms with Crippen molar-refractivity contribution in [1.29, 1.82) is 0 Å². The van der Waals surface area contributed by atoms with Crippen molar-refractivity contribution in [3.63, 3.8) is 0 Å². The second-order valence-electron chi connectivity index (χ2n) is 8.80. The van der Waals surface area contributed by atoms with Crippen molar-refractivity contribution in [3.8, 4) is 5.75 Å². The molecule has 0 atom stereocenters. The van der Waals surface area contributed by atoms with Gasteiger partial charge in [0.05, 0.1) is 18.4 Å². The first-order valence-corrected chi connectivity index (χ1v) is 11.4. The van der Waals surface area contributed by atoms with Gasteiger partial charge in [-0.25, -0.2) is 4.68 Å². The molecule has 0 aliphatic heterocycles. The van der Waals surface area contributed by atoms with Gasteiger partial charge in [0.2, 0.25) is 0 Å². The summed E-state index contributed by atoms with van der Waals surface area (Å²) in [7, 11) is 0. The maximum atomic E-state index is 12.6. The van der Waals surface area contributed by atoms with Crippen LogP contribution in [0.4, 0.5) is 5.69 Å². The molecular weight excluding hydrogens is 482 g/mol. The van der Waals surface area contributed by atoms with Gasteiger partial charge < -0.3 is 10.1 Å². The number of hydrogen-bond donors (Lipinski definition) is 1. The quantitative estimate of drug-likeness (QED) is 0.359. The molecule has 0 saturated carbocycles. The van der Waals surface area contributed by atoms with E-state index in [1.807, 2.05) is 36.4 Å². The van der Waals surface area contributed by atoms with E-state index in [9.17, 15) is 4.79 Å². The molecule has 2 aromatic heterocycles. The summed E-state index contributed by atoms with van der Waals surface area (Å²) in [6.45, 7) is 7.35. The van der Waals surface area contributed by atoms with Crippen LogP contribution < -0.4 is 10.1 Å². The van der Waals surface area contributed by atoms with Crippen LogP contribution in [0.1, 0.15) is 42.4 Å². The number of carbonyl (C=O) groups excluding carboxylic acids is 1. The van der Waals surface area contributed by atoms with Crippen molar-refractivity contribution in [3.05, 3.63) is 94.5 Å². The van der Waals surface area contributed by atoms with Gasteiger partial charge in [-0.15, -0.1) is 0 Å². The number of hydrogen-bond acceptors (Lipinski definition) is 4. The number of halogens is 1. The fourth-order valence-electron chi connectivity index (χ4n) is 3.23. The minimum atomic E-state index is -0.300. The number of amides is 1. The lowest BCUT2D eigenvalue weighted by molar-refractivity contribution is 0.102. The van der Waals surface area contributed by atoms with Gasteiger partial charge in [0.15, 0.2) is 12.4 Å². The highest BCUT2D eigenvalue weighted by atomic mass is 79.9. The van der Waals surface area contributed by atoms with E-state index in [0.717, 1.165) is 15.8 Å². The first kappa shape index (κ1) is 22.8. The van der Waals surface area contributed by atoms with Crippen molar-refractivity contribution in [2.75, 3.05) is 5.32 Å². The van der Waals surface area contributed by atoms with E-state index in [-0.39, 0.29) is 18.1 Å². The summed E-state index contributed by atoms with van der Waals surface area (Å²) in [6, 6.07) is 17.7. The fraction of sp³-hybridized carbons (Fsp3) is 0.240. The third-order valence-electron chi connectivity index (χ3n) is 5.11. The van der Waals surface area contributed by atoms with Gasteiger partial charge in [-0.2, -0.15) is 10.2 Å². The Morgan fingerprint density at radius 3 is 2.45 bits per heavy atom. The topological polar surface area (TPSA) is 74.0 Å². The number of benzene rings is 2. The normalized spacial score (nSPS) is 11.4. The summed E-state index contributed by atoms with van der Waals surface area (Å²) in [5.74, 6) is 0.453. The number of aromatic nitrogens is 4. The highest BCUT2D eigenvalue weighted by molar-refractivity contribution is 9.10. The van der Waals surface area contributed by atoms with E-state index in [1.165, 1.54) is 5.56 Å². The van der Waals surface area contributed by atoms with Gasteiger partial charge in [-0.05, 0) is 46.9 Å². The number of nitrogens with one attached hydrogen (secondary N) is 1. The molecule has 0 radical (unpaired) electrons. The summed E-state index contributed by atoms with van der Waals surface area (Å²) < 4.78 is 10.2. The molecule has 0 bridgehead atoms. The van der Waals surface area contributed by atoms with Crippen LogP contribution in [0.15, 0.2) is 77.7 Å². The third kappa shape index (κ3) is 6.10. The molecule has 2 heterocycles. The minimum Gasteiger partial charge on any atom is -0.471 e. The second kappa shape index (κ2) is 9.62. The number of nitrogens with zero attached hydrogens (tertiary/aromatic N) is 4. The summed E-state index contributed by atoms with van der Waals surface area (Å²) >= 11 is 3.43. The number of anilines is 1.